The number of rotatable bonds is 7. The van der Waals surface area contributed by atoms with E-state index in [0.717, 1.165) is 53.7 Å². The van der Waals surface area contributed by atoms with Crippen LogP contribution >= 0.6 is 35.6 Å². The predicted octanol–water partition coefficient (Wildman–Crippen LogP) is 4.04. The highest BCUT2D eigenvalue weighted by Gasteiger charge is 2.39. The van der Waals surface area contributed by atoms with Crippen molar-refractivity contribution in [2.45, 2.75) is 58.2 Å². The first-order chi connectivity index (χ1) is 13.7. The molecule has 0 spiro atoms. The Balaban J connectivity index is 0.00000240. The molecule has 1 aromatic heterocycles. The van der Waals surface area contributed by atoms with E-state index in [1.807, 2.05) is 24.3 Å². The van der Waals surface area contributed by atoms with Crippen molar-refractivity contribution in [2.24, 2.45) is 16.8 Å². The number of aromatic nitrogens is 3. The Morgan fingerprint density at radius 3 is 2.86 bits per heavy atom. The lowest BCUT2D eigenvalue weighted by atomic mass is 9.95. The quantitative estimate of drug-likeness (QED) is 0.323. The Morgan fingerprint density at radius 1 is 1.28 bits per heavy atom. The Morgan fingerprint density at radius 2 is 2.14 bits per heavy atom. The monoisotopic (exact) mass is 528 g/mol. The second-order valence-corrected chi connectivity index (χ2v) is 8.31. The second-order valence-electron chi connectivity index (χ2n) is 7.90. The predicted molar refractivity (Wildman–Crippen MR) is 128 cm³/mol. The molecule has 0 aliphatic heterocycles. The van der Waals surface area contributed by atoms with Gasteiger partial charge in [-0.15, -0.1) is 34.2 Å². The molecule has 1 heterocycles. The van der Waals surface area contributed by atoms with Crippen molar-refractivity contribution in [3.05, 3.63) is 47.0 Å². The van der Waals surface area contributed by atoms with Crippen LogP contribution in [0.15, 0.2) is 35.6 Å². The third kappa shape index (κ3) is 5.63. The minimum atomic E-state index is 0. The zero-order chi connectivity index (χ0) is 19.3. The van der Waals surface area contributed by atoms with E-state index in [2.05, 4.69) is 32.3 Å². The molecule has 2 N–H and O–H groups in total. The molecule has 0 radical (unpaired) electrons. The van der Waals surface area contributed by atoms with Gasteiger partial charge in [0.05, 0.1) is 6.54 Å². The lowest BCUT2D eigenvalue weighted by molar-refractivity contribution is 0.387. The molecular formula is C21H30ClIN6. The van der Waals surface area contributed by atoms with Crippen molar-refractivity contribution in [3.63, 3.8) is 0 Å². The highest BCUT2D eigenvalue weighted by Crippen LogP contribution is 2.44. The summed E-state index contributed by atoms with van der Waals surface area (Å²) < 4.78 is 2.09. The van der Waals surface area contributed by atoms with Crippen molar-refractivity contribution < 1.29 is 0 Å². The zero-order valence-corrected chi connectivity index (χ0v) is 19.9. The fourth-order valence-corrected chi connectivity index (χ4v) is 4.77. The number of aryl methyl sites for hydroxylation is 1. The van der Waals surface area contributed by atoms with Crippen LogP contribution in [0.4, 0.5) is 0 Å². The molecule has 3 atom stereocenters. The molecule has 6 nitrogen and oxygen atoms in total. The minimum absolute atomic E-state index is 0. The lowest BCUT2D eigenvalue weighted by Gasteiger charge is -2.25. The van der Waals surface area contributed by atoms with Crippen molar-refractivity contribution in [3.8, 4) is 0 Å². The first kappa shape index (κ1) is 22.3. The topological polar surface area (TPSA) is 67.1 Å². The third-order valence-corrected chi connectivity index (χ3v) is 6.45. The Labute approximate surface area is 194 Å². The summed E-state index contributed by atoms with van der Waals surface area (Å²) in [7, 11) is 0. The fraction of sp³-hybridized carbons (Fsp3) is 0.571. The standard InChI is InChI=1S/C21H29ClN6.HI/c1-2-20-27-25-14-28(20)10-9-23-21(24-13-17-5-3-4-6-18(17)22)26-19-12-15-7-8-16(19)11-15;/h3-6,14-16,19H,2,7-13H2,1H3,(H2,23,24,26);1H. The van der Waals surface area contributed by atoms with Crippen LogP contribution in [0.5, 0.6) is 0 Å². The number of nitrogens with one attached hydrogen (secondary N) is 2. The SMILES string of the molecule is CCc1nncn1CCNC(=NCc1ccccc1Cl)NC1CC2CCC1C2.I. The maximum atomic E-state index is 6.31. The molecule has 2 bridgehead atoms. The summed E-state index contributed by atoms with van der Waals surface area (Å²) in [6.07, 6.45) is 8.07. The van der Waals surface area contributed by atoms with Gasteiger partial charge < -0.3 is 15.2 Å². The maximum Gasteiger partial charge on any atom is 0.191 e. The maximum absolute atomic E-state index is 6.31. The zero-order valence-electron chi connectivity index (χ0n) is 16.9. The molecule has 2 fully saturated rings. The summed E-state index contributed by atoms with van der Waals surface area (Å²) in [5.74, 6) is 3.58. The molecule has 2 aliphatic rings. The molecule has 2 aliphatic carbocycles. The van der Waals surface area contributed by atoms with Crippen molar-refractivity contribution in [1.82, 2.24) is 25.4 Å². The smallest absolute Gasteiger partial charge is 0.191 e. The summed E-state index contributed by atoms with van der Waals surface area (Å²) in [6, 6.07) is 8.45. The summed E-state index contributed by atoms with van der Waals surface area (Å²) >= 11 is 6.31. The van der Waals surface area contributed by atoms with Gasteiger partial charge in [0, 0.05) is 30.6 Å². The van der Waals surface area contributed by atoms with Crippen LogP contribution in [-0.4, -0.2) is 33.3 Å². The summed E-state index contributed by atoms with van der Waals surface area (Å²) in [5.41, 5.74) is 1.05. The average Bonchev–Trinajstić information content (AvgIpc) is 3.44. The number of nitrogens with zero attached hydrogens (tertiary/aromatic N) is 4. The van der Waals surface area contributed by atoms with Gasteiger partial charge in [-0.05, 0) is 42.7 Å². The van der Waals surface area contributed by atoms with Crippen LogP contribution in [0.1, 0.15) is 44.0 Å². The van der Waals surface area contributed by atoms with Crippen LogP contribution < -0.4 is 10.6 Å². The average molecular weight is 529 g/mol. The molecule has 3 unspecified atom stereocenters. The highest BCUT2D eigenvalue weighted by atomic mass is 127. The van der Waals surface area contributed by atoms with E-state index in [4.69, 9.17) is 16.6 Å². The number of hydrogen-bond donors (Lipinski definition) is 2. The number of hydrogen-bond acceptors (Lipinski definition) is 3. The first-order valence-corrected chi connectivity index (χ1v) is 10.8. The lowest BCUT2D eigenvalue weighted by Crippen LogP contribution is -2.46. The molecule has 158 valence electrons. The molecule has 4 rings (SSSR count). The Hall–Kier alpha value is -1.35. The number of benzene rings is 1. The highest BCUT2D eigenvalue weighted by molar-refractivity contribution is 14.0. The molecule has 0 amide bonds. The normalized spacial score (nSPS) is 23.1. The summed E-state index contributed by atoms with van der Waals surface area (Å²) in [4.78, 5) is 4.83. The third-order valence-electron chi connectivity index (χ3n) is 6.08. The van der Waals surface area contributed by atoms with Crippen LogP contribution in [-0.2, 0) is 19.5 Å². The molecule has 0 saturated heterocycles. The Kier molecular flexibility index (Phi) is 8.17. The van der Waals surface area contributed by atoms with Gasteiger partial charge in [-0.2, -0.15) is 0 Å². The van der Waals surface area contributed by atoms with Gasteiger partial charge in [0.1, 0.15) is 12.2 Å². The van der Waals surface area contributed by atoms with Gasteiger partial charge in [0.15, 0.2) is 5.96 Å². The van der Waals surface area contributed by atoms with Gasteiger partial charge in [-0.3, -0.25) is 0 Å². The van der Waals surface area contributed by atoms with E-state index >= 15 is 0 Å². The van der Waals surface area contributed by atoms with Crippen LogP contribution in [0.25, 0.3) is 0 Å². The van der Waals surface area contributed by atoms with Crippen molar-refractivity contribution in [2.75, 3.05) is 6.54 Å². The van der Waals surface area contributed by atoms with Gasteiger partial charge in [-0.25, -0.2) is 4.99 Å². The van der Waals surface area contributed by atoms with E-state index < -0.39 is 0 Å². The molecule has 8 heteroatoms. The summed E-state index contributed by atoms with van der Waals surface area (Å²) in [6.45, 7) is 4.27. The van der Waals surface area contributed by atoms with Gasteiger partial charge in [0.2, 0.25) is 0 Å². The second kappa shape index (κ2) is 10.6. The van der Waals surface area contributed by atoms with E-state index in [1.54, 1.807) is 6.33 Å². The van der Waals surface area contributed by atoms with E-state index in [1.165, 1.54) is 25.7 Å². The van der Waals surface area contributed by atoms with Gasteiger partial charge in [-0.1, -0.05) is 43.1 Å². The first-order valence-electron chi connectivity index (χ1n) is 10.4. The van der Waals surface area contributed by atoms with E-state index in [9.17, 15) is 0 Å². The largest absolute Gasteiger partial charge is 0.355 e. The van der Waals surface area contributed by atoms with Gasteiger partial charge in [0.25, 0.3) is 0 Å². The number of aliphatic imine (C=N–C) groups is 1. The minimum Gasteiger partial charge on any atom is -0.355 e. The van der Waals surface area contributed by atoms with Crippen molar-refractivity contribution in [1.29, 1.82) is 0 Å². The molecule has 2 aromatic rings. The van der Waals surface area contributed by atoms with E-state index in [0.29, 0.717) is 12.6 Å². The number of halogens is 2. The number of guanidine groups is 1. The van der Waals surface area contributed by atoms with E-state index in [-0.39, 0.29) is 24.0 Å². The van der Waals surface area contributed by atoms with Crippen LogP contribution in [0.3, 0.4) is 0 Å². The molecule has 29 heavy (non-hydrogen) atoms. The van der Waals surface area contributed by atoms with Crippen LogP contribution in [0.2, 0.25) is 5.02 Å². The molecule has 2 saturated carbocycles. The number of fused-ring (bicyclic) bond motifs is 2. The fourth-order valence-electron chi connectivity index (χ4n) is 4.57. The Bertz CT molecular complexity index is 823. The van der Waals surface area contributed by atoms with Gasteiger partial charge >= 0.3 is 0 Å². The molecular weight excluding hydrogens is 499 g/mol. The van der Waals surface area contributed by atoms with Crippen LogP contribution in [0, 0.1) is 11.8 Å². The van der Waals surface area contributed by atoms with Crippen molar-refractivity contribution >= 4 is 41.5 Å². The summed E-state index contributed by atoms with van der Waals surface area (Å²) in [5, 5.41) is 16.1. The molecule has 1 aromatic carbocycles.